The molecule has 0 aromatic carbocycles. The summed E-state index contributed by atoms with van der Waals surface area (Å²) in [6.07, 6.45) is 2.11. The minimum atomic E-state index is 0.365. The maximum absolute atomic E-state index is 5.08. The molecule has 0 radical (unpaired) electrons. The van der Waals surface area contributed by atoms with E-state index in [1.165, 1.54) is 0 Å². The van der Waals surface area contributed by atoms with Gasteiger partial charge in [0.25, 0.3) is 0 Å². The zero-order valence-electron chi connectivity index (χ0n) is 10.9. The molecule has 1 heterocycles. The van der Waals surface area contributed by atoms with Crippen LogP contribution in [-0.2, 0) is 0 Å². The lowest BCUT2D eigenvalue weighted by Gasteiger charge is -2.09. The van der Waals surface area contributed by atoms with Crippen LogP contribution in [0.4, 0.5) is 5.95 Å². The van der Waals surface area contributed by atoms with Crippen LogP contribution in [0.25, 0.3) is 0 Å². The summed E-state index contributed by atoms with van der Waals surface area (Å²) in [4.78, 5) is 12.7. The van der Waals surface area contributed by atoms with E-state index in [9.17, 15) is 0 Å². The average Bonchev–Trinajstić information content (AvgIpc) is 2.35. The Kier molecular flexibility index (Phi) is 6.04. The molecule has 5 nitrogen and oxygen atoms in total. The zero-order valence-corrected chi connectivity index (χ0v) is 11.7. The first kappa shape index (κ1) is 14.0. The molecule has 0 saturated carbocycles. The molecule has 6 heteroatoms. The van der Waals surface area contributed by atoms with Crippen molar-refractivity contribution in [1.29, 1.82) is 0 Å². The minimum absolute atomic E-state index is 0.365. The maximum Gasteiger partial charge on any atom is 0.321 e. The first-order chi connectivity index (χ1) is 8.19. The number of nitrogens with zero attached hydrogens (tertiary/aromatic N) is 3. The van der Waals surface area contributed by atoms with E-state index in [4.69, 9.17) is 4.74 Å². The zero-order chi connectivity index (χ0) is 12.7. The van der Waals surface area contributed by atoms with Crippen LogP contribution >= 0.6 is 11.8 Å². The Morgan fingerprint density at radius 3 is 2.65 bits per heavy atom. The first-order valence-electron chi connectivity index (χ1n) is 5.90. The molecular weight excluding hydrogens is 236 g/mol. The Hall–Kier alpha value is -1.04. The molecule has 17 heavy (non-hydrogen) atoms. The third kappa shape index (κ3) is 4.77. The molecule has 0 fully saturated rings. The van der Waals surface area contributed by atoms with Crippen LogP contribution in [0.5, 0.6) is 6.01 Å². The fraction of sp³-hybridized carbons (Fsp3) is 0.727. The van der Waals surface area contributed by atoms with Crippen molar-refractivity contribution in [2.45, 2.75) is 44.0 Å². The number of nitrogens with one attached hydrogen (secondary N) is 1. The molecule has 1 atom stereocenters. The number of thioether (sulfide) groups is 1. The van der Waals surface area contributed by atoms with Crippen molar-refractivity contribution in [2.24, 2.45) is 0 Å². The number of hydrogen-bond donors (Lipinski definition) is 1. The predicted octanol–water partition coefficient (Wildman–Crippen LogP) is 2.59. The second-order valence-corrected chi connectivity index (χ2v) is 5.10. The smallest absolute Gasteiger partial charge is 0.321 e. The normalized spacial score (nSPS) is 12.2. The fourth-order valence-electron chi connectivity index (χ4n) is 1.06. The largest absolute Gasteiger partial charge is 0.467 e. The summed E-state index contributed by atoms with van der Waals surface area (Å²) in [6, 6.07) is 0.365. The summed E-state index contributed by atoms with van der Waals surface area (Å²) in [7, 11) is 1.57. The fourth-order valence-corrected chi connectivity index (χ4v) is 1.86. The maximum atomic E-state index is 5.08. The van der Waals surface area contributed by atoms with E-state index in [0.717, 1.165) is 19.4 Å². The Morgan fingerprint density at radius 1 is 1.29 bits per heavy atom. The van der Waals surface area contributed by atoms with E-state index < -0.39 is 0 Å². The van der Waals surface area contributed by atoms with Gasteiger partial charge in [0.15, 0.2) is 5.16 Å². The summed E-state index contributed by atoms with van der Waals surface area (Å²) in [5.74, 6) is 0.588. The molecule has 0 aliphatic rings. The Labute approximate surface area is 107 Å². The molecule has 1 N–H and O–H groups in total. The van der Waals surface area contributed by atoms with Crippen LogP contribution in [0, 0.1) is 0 Å². The van der Waals surface area contributed by atoms with Crippen LogP contribution in [0.1, 0.15) is 33.6 Å². The SMILES string of the molecule is CCCNc1nc(OC)nc(SC(C)CC)n1. The Bertz CT molecular complexity index is 348. The molecule has 1 aromatic heterocycles. The van der Waals surface area contributed by atoms with Crippen molar-refractivity contribution in [3.8, 4) is 6.01 Å². The number of rotatable bonds is 7. The van der Waals surface area contributed by atoms with Gasteiger partial charge in [-0.1, -0.05) is 32.5 Å². The van der Waals surface area contributed by atoms with Crippen molar-refractivity contribution >= 4 is 17.7 Å². The summed E-state index contributed by atoms with van der Waals surface area (Å²) >= 11 is 1.64. The number of hydrogen-bond acceptors (Lipinski definition) is 6. The van der Waals surface area contributed by atoms with E-state index >= 15 is 0 Å². The van der Waals surface area contributed by atoms with Crippen molar-refractivity contribution < 1.29 is 4.74 Å². The second-order valence-electron chi connectivity index (χ2n) is 3.69. The van der Waals surface area contributed by atoms with Crippen molar-refractivity contribution in [1.82, 2.24) is 15.0 Å². The topological polar surface area (TPSA) is 59.9 Å². The lowest BCUT2D eigenvalue weighted by Crippen LogP contribution is -2.08. The van der Waals surface area contributed by atoms with Crippen LogP contribution in [-0.4, -0.2) is 33.9 Å². The van der Waals surface area contributed by atoms with Crippen molar-refractivity contribution in [3.05, 3.63) is 0 Å². The number of methoxy groups -OCH3 is 1. The highest BCUT2D eigenvalue weighted by molar-refractivity contribution is 7.99. The van der Waals surface area contributed by atoms with E-state index in [1.54, 1.807) is 18.9 Å². The van der Waals surface area contributed by atoms with Crippen LogP contribution in [0.15, 0.2) is 5.16 Å². The van der Waals surface area contributed by atoms with Gasteiger partial charge in [0.05, 0.1) is 7.11 Å². The quantitative estimate of drug-likeness (QED) is 0.757. The molecular formula is C11H20N4OS. The Morgan fingerprint density at radius 2 is 2.06 bits per heavy atom. The second kappa shape index (κ2) is 7.32. The summed E-state index contributed by atoms with van der Waals surface area (Å²) in [6.45, 7) is 7.24. The van der Waals surface area contributed by atoms with E-state index in [0.29, 0.717) is 22.4 Å². The number of aromatic nitrogens is 3. The third-order valence-electron chi connectivity index (χ3n) is 2.19. The highest BCUT2D eigenvalue weighted by atomic mass is 32.2. The predicted molar refractivity (Wildman–Crippen MR) is 70.8 cm³/mol. The monoisotopic (exact) mass is 256 g/mol. The minimum Gasteiger partial charge on any atom is -0.467 e. The average molecular weight is 256 g/mol. The molecule has 1 rings (SSSR count). The molecule has 96 valence electrons. The van der Waals surface area contributed by atoms with Gasteiger partial charge in [-0.3, -0.25) is 0 Å². The van der Waals surface area contributed by atoms with E-state index in [-0.39, 0.29) is 0 Å². The molecule has 0 aliphatic heterocycles. The van der Waals surface area contributed by atoms with E-state index in [2.05, 4.69) is 41.0 Å². The van der Waals surface area contributed by atoms with Gasteiger partial charge in [-0.15, -0.1) is 0 Å². The lowest BCUT2D eigenvalue weighted by atomic mass is 10.4. The van der Waals surface area contributed by atoms with Crippen LogP contribution < -0.4 is 10.1 Å². The van der Waals surface area contributed by atoms with Gasteiger partial charge in [-0.05, 0) is 12.8 Å². The van der Waals surface area contributed by atoms with Gasteiger partial charge in [0.2, 0.25) is 5.95 Å². The van der Waals surface area contributed by atoms with E-state index in [1.807, 2.05) is 0 Å². The number of ether oxygens (including phenoxy) is 1. The van der Waals surface area contributed by atoms with Crippen molar-refractivity contribution in [3.63, 3.8) is 0 Å². The van der Waals surface area contributed by atoms with Crippen LogP contribution in [0.3, 0.4) is 0 Å². The van der Waals surface area contributed by atoms with Gasteiger partial charge in [-0.2, -0.15) is 15.0 Å². The molecule has 0 saturated heterocycles. The molecule has 1 aromatic rings. The van der Waals surface area contributed by atoms with Crippen LogP contribution in [0.2, 0.25) is 0 Å². The molecule has 0 spiro atoms. The highest BCUT2D eigenvalue weighted by Gasteiger charge is 2.09. The number of anilines is 1. The van der Waals surface area contributed by atoms with Crippen molar-refractivity contribution in [2.75, 3.05) is 19.0 Å². The van der Waals surface area contributed by atoms with Gasteiger partial charge < -0.3 is 10.1 Å². The van der Waals surface area contributed by atoms with Gasteiger partial charge >= 0.3 is 6.01 Å². The molecule has 0 aliphatic carbocycles. The summed E-state index contributed by atoms with van der Waals surface area (Å²) in [5.41, 5.74) is 0. The highest BCUT2D eigenvalue weighted by Crippen LogP contribution is 2.23. The molecule has 1 unspecified atom stereocenters. The summed E-state index contributed by atoms with van der Waals surface area (Å²) in [5, 5.41) is 4.35. The lowest BCUT2D eigenvalue weighted by molar-refractivity contribution is 0.373. The van der Waals surface area contributed by atoms with Gasteiger partial charge in [-0.25, -0.2) is 0 Å². The van der Waals surface area contributed by atoms with Gasteiger partial charge in [0.1, 0.15) is 0 Å². The van der Waals surface area contributed by atoms with Gasteiger partial charge in [0, 0.05) is 11.8 Å². The molecule has 0 amide bonds. The first-order valence-corrected chi connectivity index (χ1v) is 6.78. The summed E-state index contributed by atoms with van der Waals surface area (Å²) < 4.78 is 5.08. The Balaban J connectivity index is 2.80. The third-order valence-corrected chi connectivity index (χ3v) is 3.32. The molecule has 0 bridgehead atoms. The standard InChI is InChI=1S/C11H20N4OS/c1-5-7-12-9-13-10(16-4)15-11(14-9)17-8(3)6-2/h8H,5-7H2,1-4H3,(H,12,13,14,15).